The Hall–Kier alpha value is -1.81. The molecule has 0 spiro atoms. The molecule has 1 aromatic carbocycles. The summed E-state index contributed by atoms with van der Waals surface area (Å²) in [5.41, 5.74) is 1.18. The summed E-state index contributed by atoms with van der Waals surface area (Å²) < 4.78 is 0. The smallest absolute Gasteiger partial charge is 0.356 e. The van der Waals surface area contributed by atoms with Crippen LogP contribution in [0.2, 0.25) is 5.02 Å². The number of H-pyrrole nitrogens is 1. The quantitative estimate of drug-likeness (QED) is 0.880. The number of aromatic nitrogens is 2. The first kappa shape index (κ1) is 13.6. The summed E-state index contributed by atoms with van der Waals surface area (Å²) in [6, 6.07) is 7.10. The molecule has 1 aromatic heterocycles. The lowest BCUT2D eigenvalue weighted by atomic mass is 9.91. The molecule has 100 valence electrons. The molecule has 0 atom stereocenters. The van der Waals surface area contributed by atoms with Crippen LogP contribution in [-0.4, -0.2) is 21.0 Å². The van der Waals surface area contributed by atoms with E-state index in [0.717, 1.165) is 5.56 Å². The van der Waals surface area contributed by atoms with Gasteiger partial charge in [0.15, 0.2) is 5.69 Å². The summed E-state index contributed by atoms with van der Waals surface area (Å²) in [5, 5.41) is 9.86. The number of carbonyl (C=O) groups is 1. The van der Waals surface area contributed by atoms with Gasteiger partial charge in [-0.2, -0.15) is 0 Å². The number of halogens is 1. The number of hydrogen-bond acceptors (Lipinski definition) is 2. The average Bonchev–Trinajstić information content (AvgIpc) is 2.74. The number of carboxylic acids is 1. The second-order valence-corrected chi connectivity index (χ2v) is 5.81. The standard InChI is InChI=1S/C14H15ClN2O2/c1-14(2,3)11-10(13(18)19)16-12(17-11)8-4-6-9(15)7-5-8/h4-7H,1-3H3,(H,16,17)(H,18,19). The van der Waals surface area contributed by atoms with Crippen LogP contribution in [0, 0.1) is 0 Å². The van der Waals surface area contributed by atoms with Crippen LogP contribution >= 0.6 is 11.6 Å². The highest BCUT2D eigenvalue weighted by molar-refractivity contribution is 6.30. The molecule has 5 heteroatoms. The van der Waals surface area contributed by atoms with E-state index in [1.807, 2.05) is 20.8 Å². The fraction of sp³-hybridized carbons (Fsp3) is 0.286. The highest BCUT2D eigenvalue weighted by atomic mass is 35.5. The number of imidazole rings is 1. The third kappa shape index (κ3) is 2.79. The van der Waals surface area contributed by atoms with Crippen molar-refractivity contribution in [2.45, 2.75) is 26.2 Å². The molecule has 0 amide bonds. The molecule has 0 saturated heterocycles. The fourth-order valence-electron chi connectivity index (χ4n) is 1.82. The number of hydrogen-bond donors (Lipinski definition) is 2. The Morgan fingerprint density at radius 1 is 1.26 bits per heavy atom. The average molecular weight is 279 g/mol. The van der Waals surface area contributed by atoms with Gasteiger partial charge in [0.25, 0.3) is 0 Å². The first-order chi connectivity index (χ1) is 8.79. The topological polar surface area (TPSA) is 66.0 Å². The fourth-order valence-corrected chi connectivity index (χ4v) is 1.94. The van der Waals surface area contributed by atoms with Gasteiger partial charge < -0.3 is 10.1 Å². The van der Waals surface area contributed by atoms with Gasteiger partial charge in [-0.1, -0.05) is 32.4 Å². The third-order valence-corrected chi connectivity index (χ3v) is 3.03. The summed E-state index contributed by atoms with van der Waals surface area (Å²) in [6.07, 6.45) is 0. The highest BCUT2D eigenvalue weighted by Crippen LogP contribution is 2.28. The minimum Gasteiger partial charge on any atom is -0.476 e. The van der Waals surface area contributed by atoms with Gasteiger partial charge in [0.05, 0.1) is 5.69 Å². The van der Waals surface area contributed by atoms with Gasteiger partial charge in [0, 0.05) is 16.0 Å². The second kappa shape index (κ2) is 4.70. The van der Waals surface area contributed by atoms with Crippen LogP contribution in [0.25, 0.3) is 11.4 Å². The van der Waals surface area contributed by atoms with E-state index in [4.69, 9.17) is 11.6 Å². The predicted molar refractivity (Wildman–Crippen MR) is 74.7 cm³/mol. The number of aromatic amines is 1. The molecule has 19 heavy (non-hydrogen) atoms. The van der Waals surface area contributed by atoms with Crippen molar-refractivity contribution in [2.75, 3.05) is 0 Å². The zero-order valence-corrected chi connectivity index (χ0v) is 11.7. The minimum atomic E-state index is -1.03. The van der Waals surface area contributed by atoms with Crippen LogP contribution in [-0.2, 0) is 5.41 Å². The SMILES string of the molecule is CC(C)(C)c1[nH]c(-c2ccc(Cl)cc2)nc1C(=O)O. The lowest BCUT2D eigenvalue weighted by molar-refractivity contribution is 0.0688. The van der Waals surface area contributed by atoms with Crippen molar-refractivity contribution in [2.24, 2.45) is 0 Å². The van der Waals surface area contributed by atoms with Crippen LogP contribution in [0.3, 0.4) is 0 Å². The lowest BCUT2D eigenvalue weighted by Crippen LogP contribution is -2.16. The van der Waals surface area contributed by atoms with Crippen LogP contribution in [0.4, 0.5) is 0 Å². The summed E-state index contributed by atoms with van der Waals surface area (Å²) in [7, 11) is 0. The minimum absolute atomic E-state index is 0.0671. The number of carboxylic acid groups (broad SMARTS) is 1. The maximum absolute atomic E-state index is 11.3. The zero-order valence-electron chi connectivity index (χ0n) is 11.0. The van der Waals surface area contributed by atoms with E-state index in [0.29, 0.717) is 16.5 Å². The van der Waals surface area contributed by atoms with E-state index in [1.165, 1.54) is 0 Å². The molecule has 0 unspecified atom stereocenters. The number of benzene rings is 1. The normalized spacial score (nSPS) is 11.6. The van der Waals surface area contributed by atoms with Crippen LogP contribution in [0.15, 0.2) is 24.3 Å². The van der Waals surface area contributed by atoms with E-state index < -0.39 is 5.97 Å². The van der Waals surface area contributed by atoms with Gasteiger partial charge in [-0.05, 0) is 24.3 Å². The van der Waals surface area contributed by atoms with Crippen molar-refractivity contribution in [3.8, 4) is 11.4 Å². The van der Waals surface area contributed by atoms with E-state index in [1.54, 1.807) is 24.3 Å². The number of rotatable bonds is 2. The van der Waals surface area contributed by atoms with Crippen molar-refractivity contribution in [1.82, 2.24) is 9.97 Å². The van der Waals surface area contributed by atoms with Crippen LogP contribution < -0.4 is 0 Å². The largest absolute Gasteiger partial charge is 0.476 e. The van der Waals surface area contributed by atoms with E-state index in [-0.39, 0.29) is 11.1 Å². The van der Waals surface area contributed by atoms with Gasteiger partial charge in [-0.15, -0.1) is 0 Å². The number of nitrogens with zero attached hydrogens (tertiary/aromatic N) is 1. The zero-order chi connectivity index (χ0) is 14.2. The molecule has 0 aliphatic carbocycles. The van der Waals surface area contributed by atoms with Crippen molar-refractivity contribution >= 4 is 17.6 Å². The van der Waals surface area contributed by atoms with Crippen molar-refractivity contribution in [1.29, 1.82) is 0 Å². The first-order valence-corrected chi connectivity index (χ1v) is 6.26. The molecule has 0 radical (unpaired) electrons. The van der Waals surface area contributed by atoms with Gasteiger partial charge in [-0.25, -0.2) is 9.78 Å². The molecule has 0 fully saturated rings. The molecule has 0 aliphatic rings. The molecule has 4 nitrogen and oxygen atoms in total. The van der Waals surface area contributed by atoms with Crippen LogP contribution in [0.5, 0.6) is 0 Å². The van der Waals surface area contributed by atoms with E-state index >= 15 is 0 Å². The van der Waals surface area contributed by atoms with Crippen molar-refractivity contribution < 1.29 is 9.90 Å². The summed E-state index contributed by atoms with van der Waals surface area (Å²) >= 11 is 5.83. The van der Waals surface area contributed by atoms with Crippen molar-refractivity contribution in [3.63, 3.8) is 0 Å². The summed E-state index contributed by atoms with van der Waals surface area (Å²) in [4.78, 5) is 18.5. The molecular weight excluding hydrogens is 264 g/mol. The molecule has 2 rings (SSSR count). The van der Waals surface area contributed by atoms with Crippen molar-refractivity contribution in [3.05, 3.63) is 40.7 Å². The van der Waals surface area contributed by atoms with E-state index in [2.05, 4.69) is 9.97 Å². The number of nitrogens with one attached hydrogen (secondary N) is 1. The monoisotopic (exact) mass is 278 g/mol. The van der Waals surface area contributed by atoms with Gasteiger partial charge >= 0.3 is 5.97 Å². The Labute approximate surface area is 116 Å². The summed E-state index contributed by atoms with van der Waals surface area (Å²) in [5.74, 6) is -0.486. The highest BCUT2D eigenvalue weighted by Gasteiger charge is 2.26. The molecule has 2 N–H and O–H groups in total. The summed E-state index contributed by atoms with van der Waals surface area (Å²) in [6.45, 7) is 5.83. The maximum atomic E-state index is 11.3. The molecular formula is C14H15ClN2O2. The molecule has 0 aliphatic heterocycles. The van der Waals surface area contributed by atoms with Gasteiger partial charge in [0.1, 0.15) is 5.82 Å². The van der Waals surface area contributed by atoms with Gasteiger partial charge in [0.2, 0.25) is 0 Å². The van der Waals surface area contributed by atoms with Gasteiger partial charge in [-0.3, -0.25) is 0 Å². The Bertz CT molecular complexity index is 609. The predicted octanol–water partition coefficient (Wildman–Crippen LogP) is 3.73. The molecule has 0 bridgehead atoms. The Morgan fingerprint density at radius 3 is 2.26 bits per heavy atom. The Kier molecular flexibility index (Phi) is 3.37. The second-order valence-electron chi connectivity index (χ2n) is 5.37. The Balaban J connectivity index is 2.55. The molecule has 2 aromatic rings. The van der Waals surface area contributed by atoms with E-state index in [9.17, 15) is 9.90 Å². The first-order valence-electron chi connectivity index (χ1n) is 5.89. The Morgan fingerprint density at radius 2 is 1.84 bits per heavy atom. The lowest BCUT2D eigenvalue weighted by Gasteiger charge is -2.16. The molecule has 1 heterocycles. The van der Waals surface area contributed by atoms with Crippen LogP contribution in [0.1, 0.15) is 37.0 Å². The molecule has 0 saturated carbocycles. The maximum Gasteiger partial charge on any atom is 0.356 e. The number of aromatic carboxylic acids is 1. The third-order valence-electron chi connectivity index (χ3n) is 2.77.